The number of carbonyl (C=O) groups excluding carboxylic acids is 1. The van der Waals surface area contributed by atoms with E-state index < -0.39 is 14.4 Å². The van der Waals surface area contributed by atoms with Crippen LogP contribution in [0.5, 0.6) is 0 Å². The molecule has 0 radical (unpaired) electrons. The Kier molecular flexibility index (Phi) is 9.78. The number of carbonyl (C=O) groups is 1. The van der Waals surface area contributed by atoms with E-state index >= 15 is 0 Å². The van der Waals surface area contributed by atoms with E-state index in [1.54, 1.807) is 6.08 Å². The summed E-state index contributed by atoms with van der Waals surface area (Å²) in [5, 5.41) is 10.6. The first-order valence-electron chi connectivity index (χ1n) is 8.72. The predicted octanol–water partition coefficient (Wildman–Crippen LogP) is 4.46. The highest BCUT2D eigenvalue weighted by Crippen LogP contribution is 2.38. The maximum atomic E-state index is 11.3. The van der Waals surface area contributed by atoms with Crippen LogP contribution in [0.25, 0.3) is 0 Å². The molecule has 0 spiro atoms. The van der Waals surface area contributed by atoms with Crippen LogP contribution in [0, 0.1) is 5.92 Å². The van der Waals surface area contributed by atoms with Gasteiger partial charge in [-0.2, -0.15) is 0 Å². The Morgan fingerprint density at radius 3 is 2.38 bits per heavy atom. The molecule has 0 aromatic carbocycles. The lowest BCUT2D eigenvalue weighted by Gasteiger charge is -2.40. The first kappa shape index (κ1) is 23.1. The van der Waals surface area contributed by atoms with Crippen molar-refractivity contribution in [2.75, 3.05) is 6.61 Å². The van der Waals surface area contributed by atoms with Crippen LogP contribution in [0.4, 0.5) is 0 Å². The monoisotopic (exact) mass is 356 g/mol. The van der Waals surface area contributed by atoms with Gasteiger partial charge in [-0.1, -0.05) is 46.4 Å². The van der Waals surface area contributed by atoms with Crippen LogP contribution in [0.3, 0.4) is 0 Å². The van der Waals surface area contributed by atoms with Crippen LogP contribution in [0.1, 0.15) is 47.5 Å². The van der Waals surface area contributed by atoms with Crippen molar-refractivity contribution in [3.63, 3.8) is 0 Å². The van der Waals surface area contributed by atoms with Gasteiger partial charge < -0.3 is 14.3 Å². The summed E-state index contributed by atoms with van der Waals surface area (Å²) in [5.74, 6) is -0.267. The van der Waals surface area contributed by atoms with E-state index in [0.717, 1.165) is 6.42 Å². The molecule has 0 heterocycles. The third-order valence-corrected chi connectivity index (χ3v) is 9.31. The number of rotatable bonds is 10. The highest BCUT2D eigenvalue weighted by Gasteiger charge is 2.40. The molecule has 24 heavy (non-hydrogen) atoms. The van der Waals surface area contributed by atoms with Crippen molar-refractivity contribution in [1.82, 2.24) is 0 Å². The standard InChI is InChI=1S/C19H36O4Si/c1-9-14-22-17(20)13-11-10-12-15(2)18(21)16(3)23-24(7,8)19(4,5)6/h9,11,13,15-16,18,21H,1,10,12,14H2,2-8H3/b13-11+/t15-,16-,18-/m0/s1. The predicted molar refractivity (Wildman–Crippen MR) is 102 cm³/mol. The van der Waals surface area contributed by atoms with Gasteiger partial charge in [0.05, 0.1) is 12.2 Å². The minimum Gasteiger partial charge on any atom is -0.458 e. The van der Waals surface area contributed by atoms with Crippen molar-refractivity contribution < 1.29 is 19.1 Å². The van der Waals surface area contributed by atoms with Crippen LogP contribution >= 0.6 is 0 Å². The molecule has 0 saturated carbocycles. The summed E-state index contributed by atoms with van der Waals surface area (Å²) in [6.45, 7) is 18.6. The van der Waals surface area contributed by atoms with Crippen LogP contribution in [0.15, 0.2) is 24.8 Å². The lowest BCUT2D eigenvalue weighted by Crippen LogP contribution is -2.47. The summed E-state index contributed by atoms with van der Waals surface area (Å²) < 4.78 is 11.1. The van der Waals surface area contributed by atoms with Crippen molar-refractivity contribution >= 4 is 14.3 Å². The zero-order chi connectivity index (χ0) is 19.0. The summed E-state index contributed by atoms with van der Waals surface area (Å²) in [7, 11) is -1.89. The normalized spacial score (nSPS) is 16.7. The van der Waals surface area contributed by atoms with Crippen LogP contribution in [-0.4, -0.2) is 38.2 Å². The van der Waals surface area contributed by atoms with Crippen LogP contribution < -0.4 is 0 Å². The average molecular weight is 357 g/mol. The molecular formula is C19H36O4Si. The zero-order valence-corrected chi connectivity index (χ0v) is 17.5. The number of hydrogen-bond acceptors (Lipinski definition) is 4. The topological polar surface area (TPSA) is 55.8 Å². The fraction of sp³-hybridized carbons (Fsp3) is 0.737. The number of aliphatic hydroxyl groups excluding tert-OH is 1. The zero-order valence-electron chi connectivity index (χ0n) is 16.5. The van der Waals surface area contributed by atoms with Crippen molar-refractivity contribution in [3.8, 4) is 0 Å². The molecule has 0 amide bonds. The summed E-state index contributed by atoms with van der Waals surface area (Å²) >= 11 is 0. The van der Waals surface area contributed by atoms with E-state index in [1.807, 2.05) is 13.8 Å². The van der Waals surface area contributed by atoms with E-state index in [-0.39, 0.29) is 29.6 Å². The number of esters is 1. The highest BCUT2D eigenvalue weighted by atomic mass is 28.4. The molecule has 1 N–H and O–H groups in total. The third-order valence-electron chi connectivity index (χ3n) is 4.74. The molecule has 0 fully saturated rings. The van der Waals surface area contributed by atoms with Crippen molar-refractivity contribution in [3.05, 3.63) is 24.8 Å². The second-order valence-electron chi connectivity index (χ2n) is 7.95. The average Bonchev–Trinajstić information content (AvgIpc) is 2.46. The largest absolute Gasteiger partial charge is 0.458 e. The lowest BCUT2D eigenvalue weighted by atomic mass is 9.95. The van der Waals surface area contributed by atoms with E-state index in [0.29, 0.717) is 6.42 Å². The van der Waals surface area contributed by atoms with Gasteiger partial charge in [-0.25, -0.2) is 4.79 Å². The van der Waals surface area contributed by atoms with Gasteiger partial charge in [-0.3, -0.25) is 0 Å². The number of allylic oxidation sites excluding steroid dienone is 1. The molecule has 140 valence electrons. The van der Waals surface area contributed by atoms with Gasteiger partial charge in [0.2, 0.25) is 0 Å². The fourth-order valence-corrected chi connectivity index (χ4v) is 3.49. The quantitative estimate of drug-likeness (QED) is 0.272. The Bertz CT molecular complexity index is 424. The first-order chi connectivity index (χ1) is 10.9. The maximum absolute atomic E-state index is 11.3. The van der Waals surface area contributed by atoms with E-state index in [4.69, 9.17) is 9.16 Å². The maximum Gasteiger partial charge on any atom is 0.330 e. The molecule has 0 aliphatic heterocycles. The summed E-state index contributed by atoms with van der Waals surface area (Å²) in [4.78, 5) is 11.3. The highest BCUT2D eigenvalue weighted by molar-refractivity contribution is 6.74. The van der Waals surface area contributed by atoms with Crippen molar-refractivity contribution in [2.45, 2.75) is 77.8 Å². The summed E-state index contributed by atoms with van der Waals surface area (Å²) in [6.07, 6.45) is 5.55. The summed E-state index contributed by atoms with van der Waals surface area (Å²) in [6, 6.07) is 0. The lowest BCUT2D eigenvalue weighted by molar-refractivity contribution is -0.136. The smallest absolute Gasteiger partial charge is 0.330 e. The number of hydrogen-bond donors (Lipinski definition) is 1. The van der Waals surface area contributed by atoms with Gasteiger partial charge in [0, 0.05) is 6.08 Å². The minimum atomic E-state index is -1.89. The van der Waals surface area contributed by atoms with E-state index in [9.17, 15) is 9.90 Å². The second-order valence-corrected chi connectivity index (χ2v) is 12.7. The molecule has 0 rings (SSSR count). The molecule has 3 atom stereocenters. The Morgan fingerprint density at radius 2 is 1.88 bits per heavy atom. The Morgan fingerprint density at radius 1 is 1.29 bits per heavy atom. The van der Waals surface area contributed by atoms with Gasteiger partial charge >= 0.3 is 5.97 Å². The molecule has 5 heteroatoms. The molecular weight excluding hydrogens is 320 g/mol. The van der Waals surface area contributed by atoms with Gasteiger partial charge in [0.15, 0.2) is 8.32 Å². The van der Waals surface area contributed by atoms with Crippen molar-refractivity contribution in [2.24, 2.45) is 5.92 Å². The molecule has 0 bridgehead atoms. The Hall–Kier alpha value is -0.913. The molecule has 0 aromatic rings. The minimum absolute atomic E-state index is 0.0959. The second kappa shape index (κ2) is 10.2. The summed E-state index contributed by atoms with van der Waals surface area (Å²) in [5.41, 5.74) is 0. The van der Waals surface area contributed by atoms with Gasteiger partial charge in [-0.15, -0.1) is 0 Å². The van der Waals surface area contributed by atoms with Crippen molar-refractivity contribution in [1.29, 1.82) is 0 Å². The van der Waals surface area contributed by atoms with Crippen LogP contribution in [-0.2, 0) is 14.0 Å². The van der Waals surface area contributed by atoms with Gasteiger partial charge in [-0.05, 0) is 43.8 Å². The van der Waals surface area contributed by atoms with Crippen LogP contribution in [0.2, 0.25) is 18.1 Å². The van der Waals surface area contributed by atoms with Gasteiger partial charge in [0.1, 0.15) is 6.61 Å². The molecule has 0 aliphatic carbocycles. The first-order valence-corrected chi connectivity index (χ1v) is 11.6. The molecule has 0 aromatic heterocycles. The van der Waals surface area contributed by atoms with E-state index in [1.165, 1.54) is 12.2 Å². The third kappa shape index (κ3) is 8.26. The Labute approximate surface area is 149 Å². The van der Waals surface area contributed by atoms with Gasteiger partial charge in [0.25, 0.3) is 0 Å². The number of ether oxygens (including phenoxy) is 1. The Balaban J connectivity index is 4.36. The molecule has 0 unspecified atom stereocenters. The molecule has 4 nitrogen and oxygen atoms in total. The molecule has 0 aliphatic rings. The van der Waals surface area contributed by atoms with E-state index in [2.05, 4.69) is 40.4 Å². The fourth-order valence-electron chi connectivity index (χ4n) is 2.07. The number of aliphatic hydroxyl groups is 1. The molecule has 0 saturated heterocycles. The SMILES string of the molecule is C=CCOC(=O)/C=C/CC[C@H](C)[C@H](O)[C@H](C)O[Si](C)(C)C(C)(C)C.